The van der Waals surface area contributed by atoms with Crippen LogP contribution in [0.5, 0.6) is 0 Å². The maximum atomic E-state index is 8.75. The first-order chi connectivity index (χ1) is 9.82. The Labute approximate surface area is 119 Å². The number of nitrogens with zero attached hydrogens (tertiary/aromatic N) is 2. The van der Waals surface area contributed by atoms with Crippen molar-refractivity contribution in [3.63, 3.8) is 0 Å². The predicted octanol–water partition coefficient (Wildman–Crippen LogP) is 3.49. The van der Waals surface area contributed by atoms with Gasteiger partial charge in [0.05, 0.1) is 11.9 Å². The van der Waals surface area contributed by atoms with E-state index in [1.54, 1.807) is 12.3 Å². The summed E-state index contributed by atoms with van der Waals surface area (Å²) in [6, 6.07) is 16.4. The fraction of sp³-hybridized carbons (Fsp3) is 0.294. The topological polar surface area (TPSA) is 48.7 Å². The summed E-state index contributed by atoms with van der Waals surface area (Å²) in [6.07, 6.45) is 5.49. The van der Waals surface area contributed by atoms with Crippen LogP contribution in [0, 0.1) is 11.3 Å². The molecule has 0 unspecified atom stereocenters. The lowest BCUT2D eigenvalue weighted by atomic mass is 9.64. The lowest BCUT2D eigenvalue weighted by Crippen LogP contribution is -2.40. The van der Waals surface area contributed by atoms with E-state index >= 15 is 0 Å². The standard InChI is InChI=1S/C17H17N3/c18-11-15-7-8-16(12-19-15)20-13-17(9-4-10-17)14-5-2-1-3-6-14/h1-3,5-8,12,20H,4,9-10,13H2. The number of rotatable bonds is 4. The highest BCUT2D eigenvalue weighted by Gasteiger charge is 2.38. The van der Waals surface area contributed by atoms with E-state index in [1.807, 2.05) is 12.1 Å². The number of nitrogens with one attached hydrogen (secondary N) is 1. The van der Waals surface area contributed by atoms with Crippen LogP contribution >= 0.6 is 0 Å². The van der Waals surface area contributed by atoms with Crippen molar-refractivity contribution in [2.45, 2.75) is 24.7 Å². The fourth-order valence-corrected chi connectivity index (χ4v) is 2.80. The fourth-order valence-electron chi connectivity index (χ4n) is 2.80. The molecule has 1 aromatic heterocycles. The van der Waals surface area contributed by atoms with Gasteiger partial charge in [-0.05, 0) is 30.5 Å². The van der Waals surface area contributed by atoms with Crippen LogP contribution in [0.25, 0.3) is 0 Å². The summed E-state index contributed by atoms with van der Waals surface area (Å²) in [7, 11) is 0. The van der Waals surface area contributed by atoms with Gasteiger partial charge in [-0.1, -0.05) is 36.8 Å². The van der Waals surface area contributed by atoms with Gasteiger partial charge in [-0.15, -0.1) is 0 Å². The van der Waals surface area contributed by atoms with Gasteiger partial charge in [-0.25, -0.2) is 4.98 Å². The van der Waals surface area contributed by atoms with Gasteiger partial charge < -0.3 is 5.32 Å². The van der Waals surface area contributed by atoms with E-state index in [-0.39, 0.29) is 5.41 Å². The van der Waals surface area contributed by atoms with E-state index in [0.717, 1.165) is 12.2 Å². The molecule has 1 aromatic carbocycles. The van der Waals surface area contributed by atoms with E-state index in [1.165, 1.54) is 24.8 Å². The number of pyridine rings is 1. The molecule has 1 N–H and O–H groups in total. The van der Waals surface area contributed by atoms with Crippen molar-refractivity contribution in [3.8, 4) is 6.07 Å². The van der Waals surface area contributed by atoms with E-state index < -0.39 is 0 Å². The molecule has 0 spiro atoms. The highest BCUT2D eigenvalue weighted by atomic mass is 14.9. The van der Waals surface area contributed by atoms with E-state index in [9.17, 15) is 0 Å². The second-order valence-electron chi connectivity index (χ2n) is 5.40. The lowest BCUT2D eigenvalue weighted by Gasteiger charge is -2.43. The molecule has 2 aromatic rings. The third-order valence-corrected chi connectivity index (χ3v) is 4.21. The number of aromatic nitrogens is 1. The summed E-state index contributed by atoms with van der Waals surface area (Å²) in [6.45, 7) is 0.921. The molecule has 1 aliphatic rings. The number of benzene rings is 1. The molecule has 1 fully saturated rings. The van der Waals surface area contributed by atoms with Crippen molar-refractivity contribution in [1.82, 2.24) is 4.98 Å². The van der Waals surface area contributed by atoms with Gasteiger partial charge in [0.1, 0.15) is 11.8 Å². The first-order valence-corrected chi connectivity index (χ1v) is 6.98. The zero-order valence-electron chi connectivity index (χ0n) is 11.3. The molecule has 0 bridgehead atoms. The largest absolute Gasteiger partial charge is 0.383 e. The summed E-state index contributed by atoms with van der Waals surface area (Å²) < 4.78 is 0. The van der Waals surface area contributed by atoms with Gasteiger partial charge in [0.15, 0.2) is 0 Å². The van der Waals surface area contributed by atoms with Crippen LogP contribution in [0.2, 0.25) is 0 Å². The molecular weight excluding hydrogens is 246 g/mol. The highest BCUT2D eigenvalue weighted by molar-refractivity contribution is 5.44. The summed E-state index contributed by atoms with van der Waals surface area (Å²) in [4.78, 5) is 4.09. The Morgan fingerprint density at radius 1 is 1.15 bits per heavy atom. The first-order valence-electron chi connectivity index (χ1n) is 6.98. The normalized spacial score (nSPS) is 15.9. The minimum atomic E-state index is 0.259. The average molecular weight is 263 g/mol. The van der Waals surface area contributed by atoms with Crippen molar-refractivity contribution in [1.29, 1.82) is 5.26 Å². The van der Waals surface area contributed by atoms with Crippen LogP contribution in [0.4, 0.5) is 5.69 Å². The zero-order valence-corrected chi connectivity index (χ0v) is 11.3. The molecule has 1 saturated carbocycles. The maximum Gasteiger partial charge on any atom is 0.140 e. The summed E-state index contributed by atoms with van der Waals surface area (Å²) in [5, 5.41) is 12.2. The second kappa shape index (κ2) is 5.34. The van der Waals surface area contributed by atoms with Gasteiger partial charge in [0.25, 0.3) is 0 Å². The zero-order chi connectivity index (χ0) is 13.8. The molecule has 0 saturated heterocycles. The van der Waals surface area contributed by atoms with Crippen molar-refractivity contribution >= 4 is 5.69 Å². The Morgan fingerprint density at radius 2 is 1.95 bits per heavy atom. The molecule has 3 rings (SSSR count). The first kappa shape index (κ1) is 12.7. The minimum Gasteiger partial charge on any atom is -0.383 e. The SMILES string of the molecule is N#Cc1ccc(NCC2(c3ccccc3)CCC2)cn1. The lowest BCUT2D eigenvalue weighted by molar-refractivity contribution is 0.260. The average Bonchev–Trinajstić information content (AvgIpc) is 2.48. The number of hydrogen-bond acceptors (Lipinski definition) is 3. The van der Waals surface area contributed by atoms with Crippen molar-refractivity contribution in [2.24, 2.45) is 0 Å². The van der Waals surface area contributed by atoms with Gasteiger partial charge in [-0.3, -0.25) is 0 Å². The van der Waals surface area contributed by atoms with Crippen molar-refractivity contribution < 1.29 is 0 Å². The van der Waals surface area contributed by atoms with Crippen molar-refractivity contribution in [3.05, 3.63) is 59.9 Å². The maximum absolute atomic E-state index is 8.75. The molecule has 100 valence electrons. The summed E-state index contributed by atoms with van der Waals surface area (Å²) >= 11 is 0. The van der Waals surface area contributed by atoms with Crippen LogP contribution in [0.1, 0.15) is 30.5 Å². The quantitative estimate of drug-likeness (QED) is 0.918. The van der Waals surface area contributed by atoms with Gasteiger partial charge in [0, 0.05) is 12.0 Å². The summed E-state index contributed by atoms with van der Waals surface area (Å²) in [5.41, 5.74) is 3.11. The third-order valence-electron chi connectivity index (χ3n) is 4.21. The van der Waals surface area contributed by atoms with Crippen molar-refractivity contribution in [2.75, 3.05) is 11.9 Å². The molecule has 1 heterocycles. The number of hydrogen-bond donors (Lipinski definition) is 1. The monoisotopic (exact) mass is 263 g/mol. The molecule has 3 nitrogen and oxygen atoms in total. The smallest absolute Gasteiger partial charge is 0.140 e. The Bertz CT molecular complexity index is 607. The Morgan fingerprint density at radius 3 is 2.50 bits per heavy atom. The van der Waals surface area contributed by atoms with E-state index in [2.05, 4.69) is 40.6 Å². The number of nitriles is 1. The third kappa shape index (κ3) is 2.37. The highest BCUT2D eigenvalue weighted by Crippen LogP contribution is 2.43. The minimum absolute atomic E-state index is 0.259. The van der Waals surface area contributed by atoms with E-state index in [0.29, 0.717) is 5.69 Å². The predicted molar refractivity (Wildman–Crippen MR) is 79.4 cm³/mol. The Hall–Kier alpha value is -2.34. The second-order valence-corrected chi connectivity index (χ2v) is 5.40. The molecule has 1 aliphatic carbocycles. The molecule has 0 radical (unpaired) electrons. The van der Waals surface area contributed by atoms with Gasteiger partial charge in [0.2, 0.25) is 0 Å². The Kier molecular flexibility index (Phi) is 3.39. The molecular formula is C17H17N3. The van der Waals surface area contributed by atoms with Gasteiger partial charge >= 0.3 is 0 Å². The molecule has 0 amide bonds. The molecule has 3 heteroatoms. The van der Waals surface area contributed by atoms with Crippen LogP contribution in [-0.4, -0.2) is 11.5 Å². The number of anilines is 1. The molecule has 20 heavy (non-hydrogen) atoms. The summed E-state index contributed by atoms with van der Waals surface area (Å²) in [5.74, 6) is 0. The Balaban J connectivity index is 1.71. The van der Waals surface area contributed by atoms with E-state index in [4.69, 9.17) is 5.26 Å². The van der Waals surface area contributed by atoms with Crippen LogP contribution in [0.15, 0.2) is 48.7 Å². The van der Waals surface area contributed by atoms with Gasteiger partial charge in [-0.2, -0.15) is 5.26 Å². The van der Waals surface area contributed by atoms with Crippen LogP contribution in [-0.2, 0) is 5.41 Å². The molecule has 0 atom stereocenters. The van der Waals surface area contributed by atoms with Crippen LogP contribution < -0.4 is 5.32 Å². The van der Waals surface area contributed by atoms with Crippen LogP contribution in [0.3, 0.4) is 0 Å². The molecule has 0 aliphatic heterocycles.